The summed E-state index contributed by atoms with van der Waals surface area (Å²) in [6, 6.07) is 2.58. The Morgan fingerprint density at radius 2 is 2.05 bits per heavy atom. The van der Waals surface area contributed by atoms with Crippen molar-refractivity contribution in [1.82, 2.24) is 10.4 Å². The van der Waals surface area contributed by atoms with Gasteiger partial charge in [-0.05, 0) is 19.1 Å². The first kappa shape index (κ1) is 16.6. The molecule has 0 aliphatic heterocycles. The van der Waals surface area contributed by atoms with E-state index in [9.17, 15) is 4.39 Å². The summed E-state index contributed by atoms with van der Waals surface area (Å²) >= 11 is 13.1. The van der Waals surface area contributed by atoms with E-state index in [1.54, 1.807) is 6.92 Å². The smallest absolute Gasteiger partial charge is 0.142 e. The lowest BCUT2D eigenvalue weighted by Gasteiger charge is -2.04. The van der Waals surface area contributed by atoms with Crippen LogP contribution in [-0.4, -0.2) is 27.4 Å². The average Bonchev–Trinajstić information content (AvgIpc) is 2.75. The summed E-state index contributed by atoms with van der Waals surface area (Å²) in [4.78, 5) is 9.71. The van der Waals surface area contributed by atoms with Crippen molar-refractivity contribution < 1.29 is 19.6 Å². The minimum atomic E-state index is -0.565. The third-order valence-corrected chi connectivity index (χ3v) is 4.52. The molecule has 0 radical (unpaired) electrons. The van der Waals surface area contributed by atoms with E-state index < -0.39 is 5.82 Å². The number of hydrogen-bond acceptors (Lipinski definition) is 6. The molecule has 1 aromatic heterocycles. The summed E-state index contributed by atoms with van der Waals surface area (Å²) in [6.07, 6.45) is 0.425. The van der Waals surface area contributed by atoms with Gasteiger partial charge < -0.3 is 0 Å². The summed E-state index contributed by atoms with van der Waals surface area (Å²) in [6.45, 7) is 1.86. The maximum Gasteiger partial charge on any atom is 0.142 e. The molecule has 1 heterocycles. The summed E-state index contributed by atoms with van der Waals surface area (Å²) < 4.78 is 13.5. The molecule has 0 amide bonds. The van der Waals surface area contributed by atoms with Crippen molar-refractivity contribution in [3.8, 4) is 10.6 Å². The molecule has 114 valence electrons. The zero-order chi connectivity index (χ0) is 15.6. The average molecular weight is 353 g/mol. The first-order valence-corrected chi connectivity index (χ1v) is 7.37. The van der Waals surface area contributed by atoms with Gasteiger partial charge in [0.1, 0.15) is 10.8 Å². The molecule has 0 saturated heterocycles. The molecule has 5 nitrogen and oxygen atoms in total. The van der Waals surface area contributed by atoms with Crippen LogP contribution in [0.4, 0.5) is 4.39 Å². The van der Waals surface area contributed by atoms with Gasteiger partial charge in [0.2, 0.25) is 0 Å². The number of hydrogen-bond donors (Lipinski definition) is 2. The second-order valence-electron chi connectivity index (χ2n) is 4.11. The third-order valence-electron chi connectivity index (χ3n) is 2.67. The van der Waals surface area contributed by atoms with Crippen molar-refractivity contribution in [2.45, 2.75) is 13.3 Å². The van der Waals surface area contributed by atoms with Gasteiger partial charge in [-0.25, -0.2) is 9.37 Å². The van der Waals surface area contributed by atoms with Crippen molar-refractivity contribution >= 4 is 34.5 Å². The summed E-state index contributed by atoms with van der Waals surface area (Å²) in [7, 11) is 0. The number of halogens is 3. The number of benzene rings is 1. The minimum Gasteiger partial charge on any atom is -0.266 e. The Morgan fingerprint density at radius 1 is 1.33 bits per heavy atom. The third kappa shape index (κ3) is 4.10. The van der Waals surface area contributed by atoms with E-state index in [4.69, 9.17) is 33.6 Å². The fraction of sp³-hybridized carbons (Fsp3) is 0.250. The van der Waals surface area contributed by atoms with Crippen LogP contribution in [-0.2, 0) is 11.3 Å². The number of rotatable bonds is 5. The van der Waals surface area contributed by atoms with Gasteiger partial charge in [-0.15, -0.1) is 11.3 Å². The molecule has 21 heavy (non-hydrogen) atoms. The summed E-state index contributed by atoms with van der Waals surface area (Å²) in [5, 5.41) is 17.4. The van der Waals surface area contributed by atoms with Gasteiger partial charge >= 0.3 is 0 Å². The molecule has 0 fully saturated rings. The first-order valence-electron chi connectivity index (χ1n) is 5.80. The van der Waals surface area contributed by atoms with E-state index in [1.807, 2.05) is 0 Å². The van der Waals surface area contributed by atoms with Gasteiger partial charge in [-0.3, -0.25) is 15.3 Å². The van der Waals surface area contributed by atoms with Crippen LogP contribution >= 0.6 is 34.5 Å². The lowest BCUT2D eigenvalue weighted by molar-refractivity contribution is -0.492. The van der Waals surface area contributed by atoms with Crippen LogP contribution < -0.4 is 0 Å². The Kier molecular flexibility index (Phi) is 5.50. The van der Waals surface area contributed by atoms with Gasteiger partial charge in [0, 0.05) is 16.9 Å². The number of aryl methyl sites for hydroxylation is 1. The quantitative estimate of drug-likeness (QED) is 0.625. The molecule has 0 spiro atoms. The molecule has 2 aromatic rings. The number of nitrogens with zero attached hydrogens (tertiary/aromatic N) is 2. The molecule has 0 aliphatic carbocycles. The van der Waals surface area contributed by atoms with E-state index in [0.29, 0.717) is 22.0 Å². The topological polar surface area (TPSA) is 65.8 Å². The largest absolute Gasteiger partial charge is 0.266 e. The second-order valence-corrected chi connectivity index (χ2v) is 6.01. The van der Waals surface area contributed by atoms with Gasteiger partial charge in [0.05, 0.1) is 27.7 Å². The normalized spacial score (nSPS) is 11.4. The van der Waals surface area contributed by atoms with E-state index >= 15 is 0 Å². The van der Waals surface area contributed by atoms with Crippen LogP contribution in [0.1, 0.15) is 10.6 Å². The van der Waals surface area contributed by atoms with Gasteiger partial charge in [-0.1, -0.05) is 23.2 Å². The van der Waals surface area contributed by atoms with E-state index in [0.717, 1.165) is 10.6 Å². The number of thiazole rings is 1. The molecule has 1 aromatic carbocycles. The van der Waals surface area contributed by atoms with Crippen LogP contribution in [0.3, 0.4) is 0 Å². The molecular formula is C12H11Cl2FN2O3S. The fourth-order valence-corrected chi connectivity index (χ4v) is 3.28. The highest BCUT2D eigenvalue weighted by Gasteiger charge is 2.15. The van der Waals surface area contributed by atoms with Crippen LogP contribution in [0, 0.1) is 12.7 Å². The predicted molar refractivity (Wildman–Crippen MR) is 77.3 cm³/mol. The Bertz CT molecular complexity index is 652. The van der Waals surface area contributed by atoms with Crippen molar-refractivity contribution in [2.24, 2.45) is 0 Å². The summed E-state index contributed by atoms with van der Waals surface area (Å²) in [5.41, 5.74) is 1.21. The van der Waals surface area contributed by atoms with Gasteiger partial charge in [-0.2, -0.15) is 0 Å². The van der Waals surface area contributed by atoms with Crippen LogP contribution in [0.15, 0.2) is 12.1 Å². The lowest BCUT2D eigenvalue weighted by Crippen LogP contribution is -2.16. The second kappa shape index (κ2) is 6.97. The van der Waals surface area contributed by atoms with Crippen LogP contribution in [0.5, 0.6) is 0 Å². The van der Waals surface area contributed by atoms with Crippen molar-refractivity contribution in [2.75, 3.05) is 6.61 Å². The van der Waals surface area contributed by atoms with Gasteiger partial charge in [0.15, 0.2) is 0 Å². The molecule has 9 heteroatoms. The number of aromatic nitrogens is 1. The highest BCUT2D eigenvalue weighted by atomic mass is 35.5. The molecule has 0 unspecified atom stereocenters. The van der Waals surface area contributed by atoms with Crippen molar-refractivity contribution in [3.05, 3.63) is 38.6 Å². The molecule has 0 bridgehead atoms. The van der Waals surface area contributed by atoms with Gasteiger partial charge in [0.25, 0.3) is 0 Å². The van der Waals surface area contributed by atoms with Crippen LogP contribution in [0.2, 0.25) is 10.0 Å². The first-order chi connectivity index (χ1) is 9.88. The molecule has 0 atom stereocenters. The van der Waals surface area contributed by atoms with E-state index in [1.165, 1.54) is 23.5 Å². The molecule has 0 saturated carbocycles. The molecule has 2 N–H and O–H groups in total. The van der Waals surface area contributed by atoms with E-state index in [2.05, 4.69) is 9.82 Å². The monoisotopic (exact) mass is 352 g/mol. The highest BCUT2D eigenvalue weighted by Crippen LogP contribution is 2.35. The maximum atomic E-state index is 13.5. The maximum absolute atomic E-state index is 13.5. The molecule has 2 rings (SSSR count). The van der Waals surface area contributed by atoms with Crippen molar-refractivity contribution in [3.63, 3.8) is 0 Å². The summed E-state index contributed by atoms with van der Waals surface area (Å²) in [5.74, 6) is -0.565. The fourth-order valence-electron chi connectivity index (χ4n) is 1.68. The minimum absolute atomic E-state index is 0.0448. The predicted octanol–water partition coefficient (Wildman–Crippen LogP) is 4.12. The highest BCUT2D eigenvalue weighted by molar-refractivity contribution is 7.15. The Morgan fingerprint density at radius 3 is 2.71 bits per heavy atom. The zero-order valence-electron chi connectivity index (χ0n) is 10.8. The Balaban J connectivity index is 2.24. The van der Waals surface area contributed by atoms with Crippen molar-refractivity contribution in [1.29, 1.82) is 0 Å². The Hall–Kier alpha value is -0.800. The molecule has 0 aliphatic rings. The van der Waals surface area contributed by atoms with E-state index in [-0.39, 0.29) is 17.0 Å². The molecular weight excluding hydrogens is 342 g/mol. The zero-order valence-corrected chi connectivity index (χ0v) is 13.1. The van der Waals surface area contributed by atoms with Crippen LogP contribution in [0.25, 0.3) is 10.6 Å². The standard InChI is InChI=1S/C12H11Cl2FN2O3S/c1-6-11(2-3-20-17(18)19)21-12(16-6)7-4-10(15)9(14)5-8(7)13/h4-5,18-19H,2-3H2,1H3. The SMILES string of the molecule is Cc1nc(-c2cc(F)c(Cl)cc2Cl)sc1CCON(O)O. The Labute approximate surface area is 134 Å². The lowest BCUT2D eigenvalue weighted by atomic mass is 10.2.